The van der Waals surface area contributed by atoms with Crippen molar-refractivity contribution in [1.29, 1.82) is 0 Å². The molecular formula is C11H12N4OS. The molecule has 1 fully saturated rings. The van der Waals surface area contributed by atoms with Gasteiger partial charge in [0.25, 0.3) is 5.91 Å². The molecule has 88 valence electrons. The van der Waals surface area contributed by atoms with Gasteiger partial charge in [-0.05, 0) is 31.3 Å². The maximum atomic E-state index is 11.5. The number of aryl methyl sites for hydroxylation is 1. The number of carbonyl (C=O) groups is 1. The Hall–Kier alpha value is -1.95. The number of anilines is 1. The molecule has 1 amide bonds. The summed E-state index contributed by atoms with van der Waals surface area (Å²) in [5.41, 5.74) is 5.21. The molecule has 0 bridgehead atoms. The average Bonchev–Trinajstić information content (AvgIpc) is 2.30. The largest absolute Gasteiger partial charge is 0.356 e. The second-order valence-corrected chi connectivity index (χ2v) is 4.08. The number of benzene rings is 1. The van der Waals surface area contributed by atoms with E-state index in [-0.39, 0.29) is 5.91 Å². The van der Waals surface area contributed by atoms with Gasteiger partial charge in [-0.15, -0.1) is 0 Å². The minimum absolute atomic E-state index is 0.270. The Morgan fingerprint density at radius 1 is 1.35 bits per heavy atom. The Balaban J connectivity index is 2.03. The van der Waals surface area contributed by atoms with Gasteiger partial charge in [-0.25, -0.2) is 0 Å². The highest BCUT2D eigenvalue weighted by Crippen LogP contribution is 2.08. The molecule has 0 aromatic heterocycles. The third-order valence-corrected chi connectivity index (χ3v) is 2.52. The summed E-state index contributed by atoms with van der Waals surface area (Å²) in [6.07, 6.45) is 0. The predicted molar refractivity (Wildman–Crippen MR) is 71.0 cm³/mol. The highest BCUT2D eigenvalue weighted by molar-refractivity contribution is 7.80. The first-order valence-electron chi connectivity index (χ1n) is 5.13. The minimum Gasteiger partial charge on any atom is -0.356 e. The van der Waals surface area contributed by atoms with Crippen LogP contribution in [0.3, 0.4) is 0 Å². The van der Waals surface area contributed by atoms with Gasteiger partial charge in [0, 0.05) is 0 Å². The van der Waals surface area contributed by atoms with Gasteiger partial charge in [-0.1, -0.05) is 17.7 Å². The van der Waals surface area contributed by atoms with E-state index in [0.717, 1.165) is 5.69 Å². The number of amides is 1. The van der Waals surface area contributed by atoms with E-state index < -0.39 is 0 Å². The topological polar surface area (TPSA) is 65.5 Å². The van der Waals surface area contributed by atoms with Crippen molar-refractivity contribution in [3.05, 3.63) is 29.8 Å². The second-order valence-electron chi connectivity index (χ2n) is 3.67. The zero-order valence-corrected chi connectivity index (χ0v) is 10.1. The number of nitrogens with one attached hydrogen (secondary N) is 3. The lowest BCUT2D eigenvalue weighted by atomic mass is 10.2. The quantitative estimate of drug-likeness (QED) is 0.534. The molecule has 0 aliphatic carbocycles. The van der Waals surface area contributed by atoms with Crippen LogP contribution in [0.2, 0.25) is 0 Å². The van der Waals surface area contributed by atoms with Gasteiger partial charge in [-0.2, -0.15) is 5.10 Å². The van der Waals surface area contributed by atoms with E-state index in [1.54, 1.807) is 0 Å². The lowest BCUT2D eigenvalue weighted by molar-refractivity contribution is -0.113. The Morgan fingerprint density at radius 3 is 2.71 bits per heavy atom. The van der Waals surface area contributed by atoms with E-state index in [9.17, 15) is 4.79 Å². The summed E-state index contributed by atoms with van der Waals surface area (Å²) in [7, 11) is 0. The predicted octanol–water partition coefficient (Wildman–Crippen LogP) is 0.767. The molecule has 0 saturated carbocycles. The summed E-state index contributed by atoms with van der Waals surface area (Å²) in [6, 6.07) is 7.74. The molecule has 1 aliphatic heterocycles. The van der Waals surface area contributed by atoms with Crippen LogP contribution in [0.5, 0.6) is 0 Å². The number of nitrogens with zero attached hydrogens (tertiary/aromatic N) is 1. The van der Waals surface area contributed by atoms with Crippen LogP contribution in [0.15, 0.2) is 29.4 Å². The molecule has 17 heavy (non-hydrogen) atoms. The van der Waals surface area contributed by atoms with Gasteiger partial charge in [0.15, 0.2) is 5.11 Å². The van der Waals surface area contributed by atoms with Crippen molar-refractivity contribution in [3.63, 3.8) is 0 Å². The molecule has 2 rings (SSSR count). The minimum atomic E-state index is -0.270. The summed E-state index contributed by atoms with van der Waals surface area (Å²) in [5, 5.41) is 9.69. The maximum Gasteiger partial charge on any atom is 0.275 e. The number of rotatable bonds is 2. The van der Waals surface area contributed by atoms with Crippen molar-refractivity contribution in [2.75, 3.05) is 12.0 Å². The van der Waals surface area contributed by atoms with Crippen LogP contribution < -0.4 is 16.1 Å². The van der Waals surface area contributed by atoms with Crippen molar-refractivity contribution in [2.45, 2.75) is 6.92 Å². The zero-order chi connectivity index (χ0) is 12.3. The first-order chi connectivity index (χ1) is 8.15. The molecule has 6 heteroatoms. The van der Waals surface area contributed by atoms with Gasteiger partial charge < -0.3 is 5.32 Å². The van der Waals surface area contributed by atoms with Crippen LogP contribution in [-0.2, 0) is 4.79 Å². The monoisotopic (exact) mass is 248 g/mol. The van der Waals surface area contributed by atoms with Crippen LogP contribution >= 0.6 is 12.2 Å². The molecule has 0 spiro atoms. The molecule has 1 heterocycles. The molecule has 5 nitrogen and oxygen atoms in total. The summed E-state index contributed by atoms with van der Waals surface area (Å²) < 4.78 is 0. The van der Waals surface area contributed by atoms with Crippen LogP contribution in [0.25, 0.3) is 0 Å². The van der Waals surface area contributed by atoms with E-state index in [1.165, 1.54) is 5.56 Å². The molecule has 1 aromatic carbocycles. The van der Waals surface area contributed by atoms with Crippen LogP contribution in [0, 0.1) is 6.92 Å². The number of hydrogen-bond acceptors (Lipinski definition) is 4. The van der Waals surface area contributed by atoms with E-state index in [2.05, 4.69) is 21.2 Å². The summed E-state index contributed by atoms with van der Waals surface area (Å²) in [5.74, 6) is -0.270. The van der Waals surface area contributed by atoms with Gasteiger partial charge in [0.05, 0.1) is 12.2 Å². The Labute approximate surface area is 104 Å². The van der Waals surface area contributed by atoms with Crippen molar-refractivity contribution in [3.8, 4) is 0 Å². The summed E-state index contributed by atoms with van der Waals surface area (Å²) >= 11 is 4.81. The van der Waals surface area contributed by atoms with Gasteiger partial charge >= 0.3 is 0 Å². The molecule has 1 aromatic rings. The van der Waals surface area contributed by atoms with Crippen molar-refractivity contribution >= 4 is 34.6 Å². The average molecular weight is 248 g/mol. The third-order valence-electron chi connectivity index (χ3n) is 2.28. The van der Waals surface area contributed by atoms with Crippen molar-refractivity contribution in [2.24, 2.45) is 5.10 Å². The Kier molecular flexibility index (Phi) is 3.34. The van der Waals surface area contributed by atoms with Crippen molar-refractivity contribution < 1.29 is 4.79 Å². The summed E-state index contributed by atoms with van der Waals surface area (Å²) in [6.45, 7) is 2.35. The lowest BCUT2D eigenvalue weighted by Gasteiger charge is -2.16. The fourth-order valence-corrected chi connectivity index (χ4v) is 1.48. The highest BCUT2D eigenvalue weighted by Gasteiger charge is 2.18. The first-order valence-corrected chi connectivity index (χ1v) is 5.54. The standard InChI is InChI=1S/C11H12N4OS/c1-7-2-4-8(5-3-7)14-15-9-6-12-11(17)13-10(9)16/h2-5,14H,6H2,1H3,(H2,12,13,16,17)/b15-9-. The summed E-state index contributed by atoms with van der Waals surface area (Å²) in [4.78, 5) is 11.5. The van der Waals surface area contributed by atoms with Crippen LogP contribution in [0.4, 0.5) is 5.69 Å². The highest BCUT2D eigenvalue weighted by atomic mass is 32.1. The first kappa shape index (κ1) is 11.5. The second kappa shape index (κ2) is 4.92. The normalized spacial score (nSPS) is 17.6. The van der Waals surface area contributed by atoms with Gasteiger partial charge in [0.2, 0.25) is 0 Å². The molecule has 1 aliphatic rings. The number of hydrogen-bond donors (Lipinski definition) is 3. The van der Waals surface area contributed by atoms with E-state index in [0.29, 0.717) is 17.4 Å². The molecule has 0 radical (unpaired) electrons. The molecule has 0 unspecified atom stereocenters. The lowest BCUT2D eigenvalue weighted by Crippen LogP contribution is -2.52. The maximum absolute atomic E-state index is 11.5. The number of thiocarbonyl (C=S) groups is 1. The Bertz CT molecular complexity index is 481. The fraction of sp³-hybridized carbons (Fsp3) is 0.182. The fourth-order valence-electron chi connectivity index (χ4n) is 1.31. The molecular weight excluding hydrogens is 236 g/mol. The molecule has 3 N–H and O–H groups in total. The molecule has 1 saturated heterocycles. The van der Waals surface area contributed by atoms with Crippen molar-refractivity contribution in [1.82, 2.24) is 10.6 Å². The number of hydrazone groups is 1. The smallest absolute Gasteiger partial charge is 0.275 e. The van der Waals surface area contributed by atoms with E-state index in [4.69, 9.17) is 12.2 Å². The zero-order valence-electron chi connectivity index (χ0n) is 9.28. The van der Waals surface area contributed by atoms with Gasteiger partial charge in [0.1, 0.15) is 5.71 Å². The SMILES string of the molecule is Cc1ccc(N/N=C2/CNC(=S)NC2=O)cc1. The van der Waals surface area contributed by atoms with Gasteiger partial charge in [-0.3, -0.25) is 15.5 Å². The molecule has 0 atom stereocenters. The number of carbonyl (C=O) groups excluding carboxylic acids is 1. The van der Waals surface area contributed by atoms with E-state index >= 15 is 0 Å². The third kappa shape index (κ3) is 3.01. The Morgan fingerprint density at radius 2 is 2.06 bits per heavy atom. The van der Waals surface area contributed by atoms with Crippen LogP contribution in [0.1, 0.15) is 5.56 Å². The van der Waals surface area contributed by atoms with E-state index in [1.807, 2.05) is 31.2 Å². The van der Waals surface area contributed by atoms with Crippen LogP contribution in [-0.4, -0.2) is 23.3 Å².